The Morgan fingerprint density at radius 3 is 2.48 bits per heavy atom. The topological polar surface area (TPSA) is 35.6 Å². The first-order chi connectivity index (χ1) is 12.1. The zero-order valence-electron chi connectivity index (χ0n) is 13.7. The van der Waals surface area contributed by atoms with Gasteiger partial charge in [0.05, 0.1) is 0 Å². The molecule has 2 aromatic carbocycles. The van der Waals surface area contributed by atoms with E-state index in [1.807, 2.05) is 59.5 Å². The number of carbonyl (C=O) groups excluding carboxylic acids is 1. The minimum atomic E-state index is -0.0703. The van der Waals surface area contributed by atoms with Crippen LogP contribution in [-0.4, -0.2) is 37.1 Å². The SMILES string of the molecule is O=C(N/C=C/c1ccc(Br)cc1)N1CCN(c2cccc(Cl)c2)CC1. The summed E-state index contributed by atoms with van der Waals surface area (Å²) >= 11 is 9.45. The minimum Gasteiger partial charge on any atom is -0.368 e. The van der Waals surface area contributed by atoms with E-state index >= 15 is 0 Å². The standard InChI is InChI=1S/C19H19BrClN3O/c20-16-6-4-15(5-7-16)8-9-22-19(25)24-12-10-23(11-13-24)18-3-1-2-17(21)14-18/h1-9,14H,10-13H2,(H,22,25)/b9-8+. The molecule has 2 amide bonds. The normalized spacial score (nSPS) is 14.8. The summed E-state index contributed by atoms with van der Waals surface area (Å²) in [5.74, 6) is 0. The highest BCUT2D eigenvalue weighted by atomic mass is 79.9. The summed E-state index contributed by atoms with van der Waals surface area (Å²) < 4.78 is 1.03. The number of amides is 2. The van der Waals surface area contributed by atoms with Gasteiger partial charge in [0.1, 0.15) is 0 Å². The molecule has 0 aliphatic carbocycles. The smallest absolute Gasteiger partial charge is 0.321 e. The summed E-state index contributed by atoms with van der Waals surface area (Å²) in [5.41, 5.74) is 2.14. The summed E-state index contributed by atoms with van der Waals surface area (Å²) in [7, 11) is 0. The van der Waals surface area contributed by atoms with Gasteiger partial charge in [-0.1, -0.05) is 45.7 Å². The Balaban J connectivity index is 1.49. The van der Waals surface area contributed by atoms with Gasteiger partial charge in [-0.05, 0) is 42.0 Å². The second kappa shape index (κ2) is 8.41. The van der Waals surface area contributed by atoms with Crippen molar-refractivity contribution in [2.45, 2.75) is 0 Å². The monoisotopic (exact) mass is 419 g/mol. The number of hydrogen-bond acceptors (Lipinski definition) is 2. The van der Waals surface area contributed by atoms with E-state index in [9.17, 15) is 4.79 Å². The van der Waals surface area contributed by atoms with Crippen LogP contribution in [0.15, 0.2) is 59.2 Å². The maximum absolute atomic E-state index is 12.3. The second-order valence-electron chi connectivity index (χ2n) is 5.79. The van der Waals surface area contributed by atoms with E-state index in [0.29, 0.717) is 13.1 Å². The number of halogens is 2. The Morgan fingerprint density at radius 2 is 1.80 bits per heavy atom. The lowest BCUT2D eigenvalue weighted by molar-refractivity contribution is 0.198. The van der Waals surface area contributed by atoms with Gasteiger partial charge in [0.2, 0.25) is 0 Å². The number of urea groups is 1. The molecule has 0 atom stereocenters. The molecule has 6 heteroatoms. The Morgan fingerprint density at radius 1 is 1.08 bits per heavy atom. The van der Waals surface area contributed by atoms with Crippen LogP contribution in [0.1, 0.15) is 5.56 Å². The highest BCUT2D eigenvalue weighted by Crippen LogP contribution is 2.20. The number of piperazine rings is 1. The minimum absolute atomic E-state index is 0.0703. The number of nitrogens with one attached hydrogen (secondary N) is 1. The van der Waals surface area contributed by atoms with Crippen LogP contribution < -0.4 is 10.2 Å². The highest BCUT2D eigenvalue weighted by molar-refractivity contribution is 9.10. The lowest BCUT2D eigenvalue weighted by Gasteiger charge is -2.35. The van der Waals surface area contributed by atoms with E-state index in [2.05, 4.69) is 26.1 Å². The van der Waals surface area contributed by atoms with Crippen molar-refractivity contribution < 1.29 is 4.79 Å². The van der Waals surface area contributed by atoms with Gasteiger partial charge in [0, 0.05) is 47.6 Å². The molecule has 0 saturated carbocycles. The third kappa shape index (κ3) is 5.00. The number of rotatable bonds is 3. The van der Waals surface area contributed by atoms with Gasteiger partial charge in [-0.2, -0.15) is 0 Å². The van der Waals surface area contributed by atoms with Crippen molar-refractivity contribution in [1.29, 1.82) is 0 Å². The molecule has 0 spiro atoms. The van der Waals surface area contributed by atoms with Crippen molar-refractivity contribution in [2.75, 3.05) is 31.1 Å². The zero-order valence-corrected chi connectivity index (χ0v) is 16.0. The summed E-state index contributed by atoms with van der Waals surface area (Å²) in [6, 6.07) is 15.6. The predicted molar refractivity (Wildman–Crippen MR) is 107 cm³/mol. The number of hydrogen-bond donors (Lipinski definition) is 1. The van der Waals surface area contributed by atoms with Gasteiger partial charge in [-0.15, -0.1) is 0 Å². The molecular formula is C19H19BrClN3O. The largest absolute Gasteiger partial charge is 0.368 e. The summed E-state index contributed by atoms with van der Waals surface area (Å²) in [4.78, 5) is 16.3. The lowest BCUT2D eigenvalue weighted by Crippen LogP contribution is -2.51. The molecule has 1 aliphatic heterocycles. The molecular weight excluding hydrogens is 402 g/mol. The first kappa shape index (κ1) is 17.8. The molecule has 0 bridgehead atoms. The van der Waals surface area contributed by atoms with Gasteiger partial charge in [0.15, 0.2) is 0 Å². The van der Waals surface area contributed by atoms with Crippen LogP contribution in [0, 0.1) is 0 Å². The molecule has 130 valence electrons. The molecule has 0 aromatic heterocycles. The predicted octanol–water partition coefficient (Wildman–Crippen LogP) is 4.61. The average molecular weight is 421 g/mol. The Hall–Kier alpha value is -1.98. The number of benzene rings is 2. The van der Waals surface area contributed by atoms with Gasteiger partial charge >= 0.3 is 6.03 Å². The summed E-state index contributed by atoms with van der Waals surface area (Å²) in [5, 5.41) is 3.57. The lowest BCUT2D eigenvalue weighted by atomic mass is 10.2. The number of carbonyl (C=O) groups is 1. The van der Waals surface area contributed by atoms with Gasteiger partial charge in [0.25, 0.3) is 0 Å². The summed E-state index contributed by atoms with van der Waals surface area (Å²) in [6.45, 7) is 2.96. The van der Waals surface area contributed by atoms with Crippen LogP contribution in [0.25, 0.3) is 6.08 Å². The van der Waals surface area contributed by atoms with E-state index in [1.54, 1.807) is 6.20 Å². The Labute approximate surface area is 161 Å². The van der Waals surface area contributed by atoms with E-state index < -0.39 is 0 Å². The molecule has 25 heavy (non-hydrogen) atoms. The maximum atomic E-state index is 12.3. The van der Waals surface area contributed by atoms with Crippen LogP contribution in [-0.2, 0) is 0 Å². The molecule has 2 aromatic rings. The molecule has 4 nitrogen and oxygen atoms in total. The first-order valence-electron chi connectivity index (χ1n) is 8.10. The van der Waals surface area contributed by atoms with Crippen molar-refractivity contribution in [3.05, 3.63) is 69.8 Å². The van der Waals surface area contributed by atoms with Crippen LogP contribution >= 0.6 is 27.5 Å². The highest BCUT2D eigenvalue weighted by Gasteiger charge is 2.20. The molecule has 1 N–H and O–H groups in total. The second-order valence-corrected chi connectivity index (χ2v) is 7.14. The average Bonchev–Trinajstić information content (AvgIpc) is 2.63. The zero-order chi connectivity index (χ0) is 17.6. The quantitative estimate of drug-likeness (QED) is 0.787. The van der Waals surface area contributed by atoms with Crippen molar-refractivity contribution in [1.82, 2.24) is 10.2 Å². The Kier molecular flexibility index (Phi) is 6.00. The molecule has 0 radical (unpaired) electrons. The third-order valence-corrected chi connectivity index (χ3v) is 4.86. The fourth-order valence-electron chi connectivity index (χ4n) is 2.71. The van der Waals surface area contributed by atoms with Gasteiger partial charge in [-0.25, -0.2) is 4.79 Å². The molecule has 1 saturated heterocycles. The van der Waals surface area contributed by atoms with E-state index in [4.69, 9.17) is 11.6 Å². The van der Waals surface area contributed by atoms with Crippen molar-refractivity contribution in [3.63, 3.8) is 0 Å². The van der Waals surface area contributed by atoms with Gasteiger partial charge < -0.3 is 15.1 Å². The number of anilines is 1. The van der Waals surface area contributed by atoms with E-state index in [0.717, 1.165) is 33.8 Å². The van der Waals surface area contributed by atoms with Crippen LogP contribution in [0.3, 0.4) is 0 Å². The number of nitrogens with zero attached hydrogens (tertiary/aromatic N) is 2. The van der Waals surface area contributed by atoms with Crippen LogP contribution in [0.2, 0.25) is 5.02 Å². The van der Waals surface area contributed by atoms with Gasteiger partial charge in [-0.3, -0.25) is 0 Å². The molecule has 0 unspecified atom stereocenters. The molecule has 3 rings (SSSR count). The molecule has 1 heterocycles. The van der Waals surface area contributed by atoms with E-state index in [-0.39, 0.29) is 6.03 Å². The maximum Gasteiger partial charge on any atom is 0.321 e. The first-order valence-corrected chi connectivity index (χ1v) is 9.27. The fraction of sp³-hybridized carbons (Fsp3) is 0.211. The van der Waals surface area contributed by atoms with Crippen LogP contribution in [0.5, 0.6) is 0 Å². The third-order valence-electron chi connectivity index (χ3n) is 4.09. The van der Waals surface area contributed by atoms with Crippen molar-refractivity contribution in [2.24, 2.45) is 0 Å². The fourth-order valence-corrected chi connectivity index (χ4v) is 3.16. The molecule has 1 aliphatic rings. The Bertz CT molecular complexity index is 756. The molecule has 1 fully saturated rings. The van der Waals surface area contributed by atoms with E-state index in [1.165, 1.54) is 0 Å². The van der Waals surface area contributed by atoms with Crippen LogP contribution in [0.4, 0.5) is 10.5 Å². The summed E-state index contributed by atoms with van der Waals surface area (Å²) in [6.07, 6.45) is 3.57. The van der Waals surface area contributed by atoms with Crippen molar-refractivity contribution in [3.8, 4) is 0 Å². The van der Waals surface area contributed by atoms with Crippen molar-refractivity contribution >= 4 is 45.3 Å².